The van der Waals surface area contributed by atoms with Crippen LogP contribution in [0.2, 0.25) is 0 Å². The Bertz CT molecular complexity index is 382. The fraction of sp³-hybridized carbons (Fsp3) is 0. The van der Waals surface area contributed by atoms with Gasteiger partial charge in [-0.15, -0.1) is 0 Å². The fourth-order valence-corrected chi connectivity index (χ4v) is 1.17. The molecule has 1 aromatic carbocycles. The molecule has 1 atom stereocenters. The SMILES string of the molecule is O=C(O)c1ccc(S(=O)[O-])cc1[O-].[Na+].[Na+]. The maximum atomic E-state index is 10.9. The van der Waals surface area contributed by atoms with Crippen LogP contribution in [-0.4, -0.2) is 19.8 Å². The summed E-state index contributed by atoms with van der Waals surface area (Å²) in [6.07, 6.45) is 0. The van der Waals surface area contributed by atoms with Gasteiger partial charge in [0.2, 0.25) is 0 Å². The van der Waals surface area contributed by atoms with Crippen molar-refractivity contribution in [1.29, 1.82) is 0 Å². The van der Waals surface area contributed by atoms with Gasteiger partial charge in [-0.05, 0) is 23.2 Å². The minimum atomic E-state index is -2.50. The first kappa shape index (κ1) is 18.0. The summed E-state index contributed by atoms with van der Waals surface area (Å²) in [4.78, 5) is 10.1. The van der Waals surface area contributed by atoms with Gasteiger partial charge in [0.15, 0.2) is 0 Å². The number of carboxylic acid groups (broad SMARTS) is 1. The Kier molecular flexibility index (Phi) is 9.36. The van der Waals surface area contributed by atoms with Gasteiger partial charge < -0.3 is 14.8 Å². The summed E-state index contributed by atoms with van der Waals surface area (Å²) in [5.41, 5.74) is -0.436. The Morgan fingerprint density at radius 3 is 2.20 bits per heavy atom. The van der Waals surface area contributed by atoms with Gasteiger partial charge in [0.1, 0.15) is 0 Å². The molecule has 0 saturated carbocycles. The Hall–Kier alpha value is 0.600. The second-order valence-electron chi connectivity index (χ2n) is 2.20. The quantitative estimate of drug-likeness (QED) is 0.413. The normalized spacial score (nSPS) is 10.7. The molecule has 0 aliphatic heterocycles. The molecule has 0 aliphatic rings. The molecule has 0 bridgehead atoms. The second-order valence-corrected chi connectivity index (χ2v) is 3.14. The number of rotatable bonds is 2. The predicted molar refractivity (Wildman–Crippen MR) is 40.0 cm³/mol. The smallest absolute Gasteiger partial charge is 0.872 e. The van der Waals surface area contributed by atoms with Gasteiger partial charge in [-0.25, -0.2) is 4.79 Å². The third kappa shape index (κ3) is 4.97. The van der Waals surface area contributed by atoms with Crippen molar-refractivity contribution >= 4 is 17.0 Å². The minimum Gasteiger partial charge on any atom is -0.872 e. The van der Waals surface area contributed by atoms with E-state index in [0.717, 1.165) is 18.2 Å². The molecule has 0 saturated heterocycles. The van der Waals surface area contributed by atoms with E-state index in [1.807, 2.05) is 0 Å². The molecule has 8 heteroatoms. The summed E-state index contributed by atoms with van der Waals surface area (Å²) >= 11 is -2.50. The summed E-state index contributed by atoms with van der Waals surface area (Å²) in [7, 11) is 0. The molecule has 70 valence electrons. The van der Waals surface area contributed by atoms with Crippen molar-refractivity contribution in [3.63, 3.8) is 0 Å². The molecule has 0 aromatic heterocycles. The Morgan fingerprint density at radius 2 is 1.87 bits per heavy atom. The fourth-order valence-electron chi connectivity index (χ4n) is 0.783. The molecule has 1 N–H and O–H groups in total. The first-order valence-corrected chi connectivity index (χ1v) is 4.23. The number of carboxylic acids is 1. The van der Waals surface area contributed by atoms with Gasteiger partial charge in [0.05, 0.1) is 5.56 Å². The van der Waals surface area contributed by atoms with Crippen LogP contribution < -0.4 is 64.2 Å². The molecule has 1 unspecified atom stereocenters. The number of benzene rings is 1. The third-order valence-electron chi connectivity index (χ3n) is 1.38. The first-order valence-electron chi connectivity index (χ1n) is 3.16. The summed E-state index contributed by atoms with van der Waals surface area (Å²) in [5.74, 6) is -2.18. The molecule has 0 spiro atoms. The molecule has 1 aromatic rings. The van der Waals surface area contributed by atoms with E-state index in [-0.39, 0.29) is 64.0 Å². The van der Waals surface area contributed by atoms with Crippen LogP contribution in [0.5, 0.6) is 5.75 Å². The number of hydrogen-bond acceptors (Lipinski definition) is 4. The van der Waals surface area contributed by atoms with Crippen molar-refractivity contribution in [2.75, 3.05) is 0 Å². The van der Waals surface area contributed by atoms with Crippen molar-refractivity contribution in [2.24, 2.45) is 0 Å². The van der Waals surface area contributed by atoms with E-state index in [4.69, 9.17) is 5.11 Å². The van der Waals surface area contributed by atoms with Crippen LogP contribution in [-0.2, 0) is 11.1 Å². The van der Waals surface area contributed by atoms with E-state index in [0.29, 0.717) is 0 Å². The van der Waals surface area contributed by atoms with Gasteiger partial charge >= 0.3 is 65.1 Å². The monoisotopic (exact) mass is 246 g/mol. The summed E-state index contributed by atoms with van der Waals surface area (Å²) in [5, 5.41) is 19.4. The van der Waals surface area contributed by atoms with Crippen molar-refractivity contribution in [3.05, 3.63) is 23.8 Å². The molecular formula is C7H4Na2O5S. The zero-order chi connectivity index (χ0) is 10.0. The van der Waals surface area contributed by atoms with Crippen molar-refractivity contribution < 1.29 is 82.9 Å². The zero-order valence-corrected chi connectivity index (χ0v) is 13.0. The predicted octanol–water partition coefficient (Wildman–Crippen LogP) is -6.30. The molecular weight excluding hydrogens is 242 g/mol. The van der Waals surface area contributed by atoms with Gasteiger partial charge in [0.25, 0.3) is 0 Å². The van der Waals surface area contributed by atoms with E-state index in [1.165, 1.54) is 0 Å². The second kappa shape index (κ2) is 7.81. The van der Waals surface area contributed by atoms with E-state index in [9.17, 15) is 18.7 Å². The number of hydrogen-bond donors (Lipinski definition) is 1. The van der Waals surface area contributed by atoms with Gasteiger partial charge in [-0.2, -0.15) is 0 Å². The third-order valence-corrected chi connectivity index (χ3v) is 2.01. The molecule has 0 aliphatic carbocycles. The Labute approximate surface area is 133 Å². The average molecular weight is 246 g/mol. The summed E-state index contributed by atoms with van der Waals surface area (Å²) < 4.78 is 20.7. The van der Waals surface area contributed by atoms with Crippen molar-refractivity contribution in [1.82, 2.24) is 0 Å². The maximum absolute atomic E-state index is 10.9. The largest absolute Gasteiger partial charge is 1.00 e. The van der Waals surface area contributed by atoms with Crippen LogP contribution in [0.3, 0.4) is 0 Å². The van der Waals surface area contributed by atoms with Crippen LogP contribution in [0.4, 0.5) is 0 Å². The Balaban J connectivity index is 0. The molecule has 1 rings (SSSR count). The van der Waals surface area contributed by atoms with Gasteiger partial charge in [0, 0.05) is 4.90 Å². The Morgan fingerprint density at radius 1 is 1.33 bits per heavy atom. The minimum absolute atomic E-state index is 0. The van der Waals surface area contributed by atoms with Crippen LogP contribution in [0.1, 0.15) is 10.4 Å². The van der Waals surface area contributed by atoms with E-state index in [1.54, 1.807) is 0 Å². The standard InChI is InChI=1S/C7H6O5S.2Na/c8-6-3-4(13(11)12)1-2-5(6)7(9)10;;/h1-3,8H,(H,9,10)(H,11,12);;/q;2*+1/p-2. The molecule has 15 heavy (non-hydrogen) atoms. The molecule has 0 fully saturated rings. The van der Waals surface area contributed by atoms with Gasteiger partial charge in [-0.3, -0.25) is 4.21 Å². The first-order chi connectivity index (χ1) is 6.02. The van der Waals surface area contributed by atoms with E-state index in [2.05, 4.69) is 0 Å². The topological polar surface area (TPSA) is 100 Å². The maximum Gasteiger partial charge on any atom is 1.00 e. The van der Waals surface area contributed by atoms with Crippen LogP contribution in [0, 0.1) is 0 Å². The molecule has 0 amide bonds. The van der Waals surface area contributed by atoms with Crippen LogP contribution in [0.15, 0.2) is 23.1 Å². The number of carbonyl (C=O) groups is 1. The van der Waals surface area contributed by atoms with Crippen molar-refractivity contribution in [2.45, 2.75) is 4.90 Å². The average Bonchev–Trinajstić information content (AvgIpc) is 2.03. The summed E-state index contributed by atoms with van der Waals surface area (Å²) in [6.45, 7) is 0. The molecule has 5 nitrogen and oxygen atoms in total. The number of aromatic carboxylic acids is 1. The van der Waals surface area contributed by atoms with Crippen LogP contribution in [0.25, 0.3) is 0 Å². The zero-order valence-electron chi connectivity index (χ0n) is 8.22. The summed E-state index contributed by atoms with van der Waals surface area (Å²) in [6, 6.07) is 2.80. The van der Waals surface area contributed by atoms with Crippen LogP contribution >= 0.6 is 0 Å². The van der Waals surface area contributed by atoms with E-state index >= 15 is 0 Å². The van der Waals surface area contributed by atoms with Gasteiger partial charge in [-0.1, -0.05) is 11.8 Å². The molecule has 0 radical (unpaired) electrons. The van der Waals surface area contributed by atoms with Crippen molar-refractivity contribution in [3.8, 4) is 5.75 Å². The molecule has 0 heterocycles. The van der Waals surface area contributed by atoms with E-state index < -0.39 is 28.4 Å².